The van der Waals surface area contributed by atoms with Crippen LogP contribution in [0.1, 0.15) is 0 Å². The van der Waals surface area contributed by atoms with Gasteiger partial charge in [0.1, 0.15) is 0 Å². The summed E-state index contributed by atoms with van der Waals surface area (Å²) in [5.74, 6) is 0.714. The quantitative estimate of drug-likeness (QED) is 0.367. The number of rotatable bonds is 1. The molecule has 6 rings (SSSR count). The molecule has 0 aliphatic rings. The first-order valence-electron chi connectivity index (χ1n) is 8.52. The molecule has 3 heterocycles. The van der Waals surface area contributed by atoms with Crippen LogP contribution in [-0.4, -0.2) is 14.5 Å². The van der Waals surface area contributed by atoms with Crippen LogP contribution in [0, 0.1) is 0 Å². The Balaban J connectivity index is 1.81. The Hall–Kier alpha value is -3.24. The fourth-order valence-electron chi connectivity index (χ4n) is 3.76. The van der Waals surface area contributed by atoms with E-state index in [1.807, 2.05) is 30.5 Å². The molecule has 0 saturated carbocycles. The molecule has 0 fully saturated rings. The van der Waals surface area contributed by atoms with Gasteiger partial charge in [-0.05, 0) is 35.0 Å². The van der Waals surface area contributed by atoms with Crippen molar-refractivity contribution in [2.75, 3.05) is 0 Å². The second kappa shape index (κ2) is 5.13. The molecule has 0 amide bonds. The SMILES string of the molecule is c1ccc2nc(-n3c4ccccc4c4c5sccc5ccc43)ncc2c1. The van der Waals surface area contributed by atoms with Gasteiger partial charge < -0.3 is 0 Å². The molecule has 122 valence electrons. The lowest BCUT2D eigenvalue weighted by Gasteiger charge is -2.06. The number of para-hydroxylation sites is 2. The lowest BCUT2D eigenvalue weighted by molar-refractivity contribution is 1.01. The highest BCUT2D eigenvalue weighted by molar-refractivity contribution is 7.18. The van der Waals surface area contributed by atoms with E-state index in [9.17, 15) is 0 Å². The number of aromatic nitrogens is 3. The summed E-state index contributed by atoms with van der Waals surface area (Å²) in [6, 6.07) is 23.2. The van der Waals surface area contributed by atoms with Crippen LogP contribution in [0.5, 0.6) is 0 Å². The fraction of sp³-hybridized carbons (Fsp3) is 0. The molecule has 0 aliphatic carbocycles. The van der Waals surface area contributed by atoms with Gasteiger partial charge in [0.2, 0.25) is 5.95 Å². The lowest BCUT2D eigenvalue weighted by atomic mass is 10.1. The molecule has 0 spiro atoms. The summed E-state index contributed by atoms with van der Waals surface area (Å²) in [5.41, 5.74) is 3.25. The topological polar surface area (TPSA) is 30.7 Å². The normalized spacial score (nSPS) is 11.8. The first-order chi connectivity index (χ1) is 12.9. The molecule has 4 heteroatoms. The van der Waals surface area contributed by atoms with E-state index in [1.54, 1.807) is 11.3 Å². The molecule has 3 aromatic carbocycles. The third kappa shape index (κ3) is 1.82. The summed E-state index contributed by atoms with van der Waals surface area (Å²) in [6.45, 7) is 0. The maximum Gasteiger partial charge on any atom is 0.235 e. The predicted molar refractivity (Wildman–Crippen MR) is 109 cm³/mol. The zero-order valence-corrected chi connectivity index (χ0v) is 14.6. The number of nitrogens with zero attached hydrogens (tertiary/aromatic N) is 3. The third-order valence-corrected chi connectivity index (χ3v) is 5.88. The van der Waals surface area contributed by atoms with Crippen LogP contribution >= 0.6 is 11.3 Å². The smallest absolute Gasteiger partial charge is 0.235 e. The Kier molecular flexibility index (Phi) is 2.76. The zero-order chi connectivity index (χ0) is 17.1. The Morgan fingerprint density at radius 2 is 1.65 bits per heavy atom. The lowest BCUT2D eigenvalue weighted by Crippen LogP contribution is -2.00. The van der Waals surface area contributed by atoms with Crippen molar-refractivity contribution >= 4 is 54.1 Å². The summed E-state index contributed by atoms with van der Waals surface area (Å²) in [5, 5.41) is 7.02. The predicted octanol–water partition coefficient (Wildman–Crippen LogP) is 5.94. The van der Waals surface area contributed by atoms with Crippen LogP contribution in [0.15, 0.2) is 78.3 Å². The summed E-state index contributed by atoms with van der Waals surface area (Å²) < 4.78 is 3.49. The number of fused-ring (bicyclic) bond motifs is 6. The second-order valence-electron chi connectivity index (χ2n) is 6.38. The van der Waals surface area contributed by atoms with E-state index < -0.39 is 0 Å². The van der Waals surface area contributed by atoms with E-state index in [4.69, 9.17) is 4.98 Å². The Bertz CT molecular complexity index is 1440. The minimum Gasteiger partial charge on any atom is -0.278 e. The molecule has 0 N–H and O–H groups in total. The second-order valence-corrected chi connectivity index (χ2v) is 7.30. The molecule has 3 aromatic heterocycles. The van der Waals surface area contributed by atoms with Gasteiger partial charge in [-0.1, -0.05) is 42.5 Å². The third-order valence-electron chi connectivity index (χ3n) is 4.93. The van der Waals surface area contributed by atoms with Crippen LogP contribution in [0.2, 0.25) is 0 Å². The van der Waals surface area contributed by atoms with Crippen LogP contribution in [0.4, 0.5) is 0 Å². The van der Waals surface area contributed by atoms with Gasteiger partial charge >= 0.3 is 0 Å². The van der Waals surface area contributed by atoms with Crippen LogP contribution in [-0.2, 0) is 0 Å². The molecule has 6 aromatic rings. The van der Waals surface area contributed by atoms with Crippen molar-refractivity contribution in [1.82, 2.24) is 14.5 Å². The maximum atomic E-state index is 4.84. The summed E-state index contributed by atoms with van der Waals surface area (Å²) in [4.78, 5) is 9.51. The highest BCUT2D eigenvalue weighted by Crippen LogP contribution is 2.38. The van der Waals surface area contributed by atoms with Crippen molar-refractivity contribution in [2.24, 2.45) is 0 Å². The van der Waals surface area contributed by atoms with Crippen molar-refractivity contribution in [3.8, 4) is 5.95 Å². The van der Waals surface area contributed by atoms with E-state index in [0.29, 0.717) is 5.95 Å². The number of hydrogen-bond donors (Lipinski definition) is 0. The molecular weight excluding hydrogens is 338 g/mol. The van der Waals surface area contributed by atoms with E-state index in [-0.39, 0.29) is 0 Å². The first-order valence-corrected chi connectivity index (χ1v) is 9.40. The van der Waals surface area contributed by atoms with Crippen molar-refractivity contribution in [3.05, 3.63) is 78.3 Å². The van der Waals surface area contributed by atoms with Gasteiger partial charge in [0.05, 0.1) is 16.6 Å². The summed E-state index contributed by atoms with van der Waals surface area (Å²) >= 11 is 1.79. The monoisotopic (exact) mass is 351 g/mol. The van der Waals surface area contributed by atoms with E-state index in [2.05, 4.69) is 57.4 Å². The largest absolute Gasteiger partial charge is 0.278 e. The maximum absolute atomic E-state index is 4.84. The van der Waals surface area contributed by atoms with E-state index in [1.165, 1.54) is 20.9 Å². The Labute approximate surface area is 153 Å². The van der Waals surface area contributed by atoms with Gasteiger partial charge in [0.25, 0.3) is 0 Å². The van der Waals surface area contributed by atoms with Gasteiger partial charge in [-0.3, -0.25) is 4.57 Å². The molecule has 26 heavy (non-hydrogen) atoms. The first kappa shape index (κ1) is 14.0. The summed E-state index contributed by atoms with van der Waals surface area (Å²) in [6.07, 6.45) is 1.90. The average molecular weight is 351 g/mol. The minimum absolute atomic E-state index is 0.714. The summed E-state index contributed by atoms with van der Waals surface area (Å²) in [7, 11) is 0. The number of thiophene rings is 1. The highest BCUT2D eigenvalue weighted by Gasteiger charge is 2.16. The molecular formula is C22H13N3S. The molecule has 0 aliphatic heterocycles. The van der Waals surface area contributed by atoms with Gasteiger partial charge in [0, 0.05) is 27.1 Å². The zero-order valence-electron chi connectivity index (χ0n) is 13.8. The van der Waals surface area contributed by atoms with Crippen LogP contribution in [0.25, 0.3) is 48.7 Å². The number of benzene rings is 3. The number of hydrogen-bond acceptors (Lipinski definition) is 3. The van der Waals surface area contributed by atoms with Gasteiger partial charge in [-0.15, -0.1) is 11.3 Å². The fourth-order valence-corrected chi connectivity index (χ4v) is 4.72. The molecule has 0 unspecified atom stereocenters. The standard InChI is InChI=1S/C22H13N3S/c1-3-7-17-15(5-1)13-23-22(24-17)25-18-8-4-2-6-16(18)20-19(25)10-9-14-11-12-26-21(14)20/h1-13H. The van der Waals surface area contributed by atoms with Gasteiger partial charge in [0.15, 0.2) is 0 Å². The molecule has 3 nitrogen and oxygen atoms in total. The molecule has 0 bridgehead atoms. The van der Waals surface area contributed by atoms with Crippen molar-refractivity contribution < 1.29 is 0 Å². The van der Waals surface area contributed by atoms with Gasteiger partial charge in [-0.25, -0.2) is 9.97 Å². The minimum atomic E-state index is 0.714. The van der Waals surface area contributed by atoms with Gasteiger partial charge in [-0.2, -0.15) is 0 Å². The van der Waals surface area contributed by atoms with Crippen molar-refractivity contribution in [1.29, 1.82) is 0 Å². The van der Waals surface area contributed by atoms with E-state index >= 15 is 0 Å². The Morgan fingerprint density at radius 3 is 2.65 bits per heavy atom. The van der Waals surface area contributed by atoms with Crippen molar-refractivity contribution in [3.63, 3.8) is 0 Å². The molecule has 0 saturated heterocycles. The average Bonchev–Trinajstić information content (AvgIpc) is 3.29. The molecule has 0 radical (unpaired) electrons. The van der Waals surface area contributed by atoms with Crippen LogP contribution in [0.3, 0.4) is 0 Å². The highest BCUT2D eigenvalue weighted by atomic mass is 32.1. The van der Waals surface area contributed by atoms with Crippen LogP contribution < -0.4 is 0 Å². The van der Waals surface area contributed by atoms with Crippen molar-refractivity contribution in [2.45, 2.75) is 0 Å². The molecule has 0 atom stereocenters. The van der Waals surface area contributed by atoms with E-state index in [0.717, 1.165) is 21.9 Å². The Morgan fingerprint density at radius 1 is 0.769 bits per heavy atom.